The summed E-state index contributed by atoms with van der Waals surface area (Å²) in [6.07, 6.45) is 1.64. The second kappa shape index (κ2) is 9.24. The van der Waals surface area contributed by atoms with Crippen molar-refractivity contribution in [1.29, 1.82) is 0 Å². The maximum absolute atomic E-state index is 12.8. The number of furan rings is 1. The van der Waals surface area contributed by atoms with Gasteiger partial charge in [-0.25, -0.2) is 0 Å². The van der Waals surface area contributed by atoms with Crippen LogP contribution in [0.5, 0.6) is 11.5 Å². The first kappa shape index (κ1) is 22.1. The largest absolute Gasteiger partial charge is 0.454 e. The van der Waals surface area contributed by atoms with Crippen LogP contribution >= 0.6 is 11.8 Å². The highest BCUT2D eigenvalue weighted by molar-refractivity contribution is 8.18. The van der Waals surface area contributed by atoms with Crippen molar-refractivity contribution in [3.63, 3.8) is 0 Å². The minimum atomic E-state index is -0.439. The van der Waals surface area contributed by atoms with E-state index in [0.29, 0.717) is 27.6 Å². The highest BCUT2D eigenvalue weighted by atomic mass is 32.2. The van der Waals surface area contributed by atoms with Gasteiger partial charge >= 0.3 is 0 Å². The molecule has 34 heavy (non-hydrogen) atoms. The fourth-order valence-electron chi connectivity index (χ4n) is 3.78. The van der Waals surface area contributed by atoms with E-state index in [0.717, 1.165) is 27.6 Å². The number of carbonyl (C=O) groups is 3. The fraction of sp³-hybridized carbons (Fsp3) is 0.208. The molecule has 2 aliphatic rings. The number of ether oxygens (including phenoxy) is 3. The van der Waals surface area contributed by atoms with Crippen molar-refractivity contribution < 1.29 is 33.0 Å². The zero-order valence-electron chi connectivity index (χ0n) is 18.2. The van der Waals surface area contributed by atoms with Crippen molar-refractivity contribution in [2.45, 2.75) is 6.61 Å². The minimum Gasteiger partial charge on any atom is -0.454 e. The molecule has 0 atom stereocenters. The Kier molecular flexibility index (Phi) is 5.99. The van der Waals surface area contributed by atoms with E-state index in [1.54, 1.807) is 37.5 Å². The number of nitrogens with zero attached hydrogens (tertiary/aromatic N) is 1. The van der Waals surface area contributed by atoms with Crippen molar-refractivity contribution in [1.82, 2.24) is 10.2 Å². The van der Waals surface area contributed by atoms with E-state index < -0.39 is 17.1 Å². The molecule has 5 rings (SSSR count). The van der Waals surface area contributed by atoms with E-state index in [4.69, 9.17) is 18.6 Å². The van der Waals surface area contributed by atoms with Crippen LogP contribution in [0.15, 0.2) is 51.8 Å². The van der Waals surface area contributed by atoms with Crippen LogP contribution in [-0.2, 0) is 16.1 Å². The molecule has 1 aromatic heterocycles. The molecule has 3 aromatic rings. The molecule has 10 heteroatoms. The number of rotatable bonds is 7. The Morgan fingerprint density at radius 2 is 2.00 bits per heavy atom. The second-order valence-corrected chi connectivity index (χ2v) is 8.53. The zero-order valence-corrected chi connectivity index (χ0v) is 19.0. The quantitative estimate of drug-likeness (QED) is 0.509. The summed E-state index contributed by atoms with van der Waals surface area (Å²) in [7, 11) is 1.54. The van der Waals surface area contributed by atoms with Crippen LogP contribution in [0.1, 0.15) is 21.7 Å². The third-order valence-corrected chi connectivity index (χ3v) is 6.29. The van der Waals surface area contributed by atoms with Gasteiger partial charge in [0.1, 0.15) is 5.58 Å². The van der Waals surface area contributed by atoms with Gasteiger partial charge in [-0.15, -0.1) is 0 Å². The minimum absolute atomic E-state index is 0.0364. The molecule has 0 radical (unpaired) electrons. The van der Waals surface area contributed by atoms with E-state index in [2.05, 4.69) is 5.32 Å². The summed E-state index contributed by atoms with van der Waals surface area (Å²) in [5, 5.41) is 3.13. The first-order chi connectivity index (χ1) is 16.5. The Bertz CT molecular complexity index is 1330. The molecular weight excluding hydrogens is 460 g/mol. The van der Waals surface area contributed by atoms with E-state index in [1.807, 2.05) is 18.2 Å². The Balaban J connectivity index is 1.24. The van der Waals surface area contributed by atoms with Gasteiger partial charge in [0.15, 0.2) is 17.3 Å². The standard InChI is InChI=1S/C24H20N2O7S/c1-30-12-16-15-4-2-3-5-17(15)33-21(16)22(27)25-8-9-26-23(28)20(34-24(26)29)11-14-6-7-18-19(10-14)32-13-31-18/h2-7,10-11H,8-9,12-13H2,1H3,(H,25,27). The summed E-state index contributed by atoms with van der Waals surface area (Å²) in [6, 6.07) is 12.6. The number of hydrogen-bond donors (Lipinski definition) is 1. The van der Waals surface area contributed by atoms with Crippen LogP contribution in [-0.4, -0.2) is 48.9 Å². The molecule has 3 heterocycles. The van der Waals surface area contributed by atoms with Gasteiger partial charge in [-0.05, 0) is 41.6 Å². The van der Waals surface area contributed by atoms with Crippen LogP contribution in [0.2, 0.25) is 0 Å². The maximum Gasteiger partial charge on any atom is 0.293 e. The fourth-order valence-corrected chi connectivity index (χ4v) is 4.64. The van der Waals surface area contributed by atoms with Gasteiger partial charge in [0, 0.05) is 31.1 Å². The van der Waals surface area contributed by atoms with E-state index in [-0.39, 0.29) is 32.2 Å². The molecule has 2 aromatic carbocycles. The van der Waals surface area contributed by atoms with Crippen LogP contribution in [0, 0.1) is 0 Å². The number of fused-ring (bicyclic) bond motifs is 2. The molecule has 0 unspecified atom stereocenters. The lowest BCUT2D eigenvalue weighted by molar-refractivity contribution is -0.122. The van der Waals surface area contributed by atoms with Crippen molar-refractivity contribution >= 4 is 45.9 Å². The van der Waals surface area contributed by atoms with Crippen molar-refractivity contribution in [3.8, 4) is 11.5 Å². The Morgan fingerprint density at radius 3 is 2.85 bits per heavy atom. The average molecular weight is 480 g/mol. The molecule has 1 fully saturated rings. The van der Waals surface area contributed by atoms with Gasteiger partial charge in [-0.1, -0.05) is 24.3 Å². The molecule has 0 saturated carbocycles. The van der Waals surface area contributed by atoms with E-state index in [9.17, 15) is 14.4 Å². The molecule has 1 saturated heterocycles. The molecule has 174 valence electrons. The lowest BCUT2D eigenvalue weighted by Crippen LogP contribution is -2.37. The number of para-hydroxylation sites is 1. The van der Waals surface area contributed by atoms with Crippen LogP contribution in [0.25, 0.3) is 17.0 Å². The predicted molar refractivity (Wildman–Crippen MR) is 125 cm³/mol. The normalized spacial score (nSPS) is 16.1. The number of thioether (sulfide) groups is 1. The third kappa shape index (κ3) is 4.13. The maximum atomic E-state index is 12.8. The third-order valence-electron chi connectivity index (χ3n) is 5.38. The highest BCUT2D eigenvalue weighted by Gasteiger charge is 2.35. The number of amides is 3. The summed E-state index contributed by atoms with van der Waals surface area (Å²) >= 11 is 0.856. The molecule has 9 nitrogen and oxygen atoms in total. The van der Waals surface area contributed by atoms with Gasteiger partial charge in [0.05, 0.1) is 11.5 Å². The Labute approximate surface area is 198 Å². The van der Waals surface area contributed by atoms with Crippen molar-refractivity contribution in [3.05, 3.63) is 64.3 Å². The van der Waals surface area contributed by atoms with Crippen molar-refractivity contribution in [2.75, 3.05) is 27.0 Å². The van der Waals surface area contributed by atoms with Gasteiger partial charge in [-0.2, -0.15) is 0 Å². The number of methoxy groups -OCH3 is 1. The Morgan fingerprint density at radius 1 is 1.18 bits per heavy atom. The molecule has 0 spiro atoms. The molecule has 0 aliphatic carbocycles. The Hall–Kier alpha value is -3.76. The first-order valence-electron chi connectivity index (χ1n) is 10.5. The molecule has 1 N–H and O–H groups in total. The van der Waals surface area contributed by atoms with Gasteiger partial charge in [0.25, 0.3) is 17.1 Å². The van der Waals surface area contributed by atoms with Crippen LogP contribution in [0.4, 0.5) is 4.79 Å². The monoisotopic (exact) mass is 480 g/mol. The van der Waals surface area contributed by atoms with Gasteiger partial charge in [0.2, 0.25) is 6.79 Å². The topological polar surface area (TPSA) is 107 Å². The van der Waals surface area contributed by atoms with Crippen LogP contribution in [0.3, 0.4) is 0 Å². The number of hydrogen-bond acceptors (Lipinski definition) is 8. The van der Waals surface area contributed by atoms with E-state index >= 15 is 0 Å². The number of benzene rings is 2. The van der Waals surface area contributed by atoms with Gasteiger partial charge in [-0.3, -0.25) is 19.3 Å². The molecule has 2 aliphatic heterocycles. The zero-order chi connectivity index (χ0) is 23.7. The van der Waals surface area contributed by atoms with Gasteiger partial charge < -0.3 is 23.9 Å². The molecule has 0 bridgehead atoms. The summed E-state index contributed by atoms with van der Waals surface area (Å²) in [6.45, 7) is 0.488. The second-order valence-electron chi connectivity index (χ2n) is 7.54. The lowest BCUT2D eigenvalue weighted by Gasteiger charge is -2.12. The number of nitrogens with one attached hydrogen (secondary N) is 1. The molecular formula is C24H20N2O7S. The number of imide groups is 1. The highest BCUT2D eigenvalue weighted by Crippen LogP contribution is 2.36. The predicted octanol–water partition coefficient (Wildman–Crippen LogP) is 3.77. The molecule has 3 amide bonds. The number of carbonyl (C=O) groups excluding carboxylic acids is 3. The summed E-state index contributed by atoms with van der Waals surface area (Å²) in [4.78, 5) is 39.3. The summed E-state index contributed by atoms with van der Waals surface area (Å²) < 4.78 is 21.6. The first-order valence-corrected chi connectivity index (χ1v) is 11.3. The lowest BCUT2D eigenvalue weighted by atomic mass is 10.1. The SMILES string of the molecule is COCc1c(C(=O)NCCN2C(=O)SC(=Cc3ccc4c(c3)OCO4)C2=O)oc2ccccc12. The summed E-state index contributed by atoms with van der Waals surface area (Å²) in [5.41, 5.74) is 1.95. The van der Waals surface area contributed by atoms with E-state index in [1.165, 1.54) is 0 Å². The van der Waals surface area contributed by atoms with Crippen LogP contribution < -0.4 is 14.8 Å². The summed E-state index contributed by atoms with van der Waals surface area (Å²) in [5.74, 6) is 0.532. The average Bonchev–Trinajstić information content (AvgIpc) is 3.52. The van der Waals surface area contributed by atoms with Crippen molar-refractivity contribution in [2.24, 2.45) is 0 Å². The smallest absolute Gasteiger partial charge is 0.293 e.